The number of nitrogens with zero attached hydrogens (tertiary/aromatic N) is 2. The Morgan fingerprint density at radius 1 is 1.47 bits per heavy atom. The monoisotopic (exact) mass is 235 g/mol. The van der Waals surface area contributed by atoms with Gasteiger partial charge >= 0.3 is 0 Å². The fourth-order valence-corrected chi connectivity index (χ4v) is 2.40. The summed E-state index contributed by atoms with van der Waals surface area (Å²) in [5, 5.41) is 3.69. The number of rotatable bonds is 7. The summed E-state index contributed by atoms with van der Waals surface area (Å²) in [6.07, 6.45) is 8.06. The first-order valence-corrected chi connectivity index (χ1v) is 6.96. The molecule has 1 aliphatic rings. The molecule has 0 bridgehead atoms. The molecule has 96 valence electrons. The van der Waals surface area contributed by atoms with Crippen molar-refractivity contribution in [1.82, 2.24) is 14.9 Å². The lowest BCUT2D eigenvalue weighted by Gasteiger charge is -2.20. The van der Waals surface area contributed by atoms with E-state index in [-0.39, 0.29) is 0 Å². The molecule has 1 heterocycles. The molecular formula is C14H25N3. The predicted octanol–water partition coefficient (Wildman–Crippen LogP) is 2.78. The van der Waals surface area contributed by atoms with E-state index in [2.05, 4.69) is 41.8 Å². The zero-order valence-corrected chi connectivity index (χ0v) is 11.3. The first-order valence-electron chi connectivity index (χ1n) is 6.96. The van der Waals surface area contributed by atoms with Crippen LogP contribution in [0.1, 0.15) is 51.8 Å². The third-order valence-corrected chi connectivity index (χ3v) is 3.51. The van der Waals surface area contributed by atoms with E-state index in [0.29, 0.717) is 12.0 Å². The first-order chi connectivity index (χ1) is 8.22. The van der Waals surface area contributed by atoms with Gasteiger partial charge in [-0.1, -0.05) is 20.8 Å². The lowest BCUT2D eigenvalue weighted by molar-refractivity contribution is 0.399. The molecule has 0 radical (unpaired) electrons. The summed E-state index contributed by atoms with van der Waals surface area (Å²) in [6, 6.07) is 0.640. The summed E-state index contributed by atoms with van der Waals surface area (Å²) in [4.78, 5) is 4.46. The van der Waals surface area contributed by atoms with Crippen LogP contribution in [0.15, 0.2) is 12.4 Å². The highest BCUT2D eigenvalue weighted by molar-refractivity contribution is 4.99. The molecule has 1 fully saturated rings. The summed E-state index contributed by atoms with van der Waals surface area (Å²) in [5.41, 5.74) is 0. The number of aromatic nitrogens is 2. The predicted molar refractivity (Wildman–Crippen MR) is 71.1 cm³/mol. The summed E-state index contributed by atoms with van der Waals surface area (Å²) in [5.74, 6) is 2.62. The Morgan fingerprint density at radius 3 is 2.82 bits per heavy atom. The fraction of sp³-hybridized carbons (Fsp3) is 0.786. The molecular weight excluding hydrogens is 210 g/mol. The van der Waals surface area contributed by atoms with Crippen LogP contribution in [0.2, 0.25) is 0 Å². The minimum absolute atomic E-state index is 0.510. The minimum atomic E-state index is 0.510. The van der Waals surface area contributed by atoms with Crippen molar-refractivity contribution in [2.24, 2.45) is 5.92 Å². The van der Waals surface area contributed by atoms with E-state index >= 15 is 0 Å². The van der Waals surface area contributed by atoms with Gasteiger partial charge in [0, 0.05) is 30.9 Å². The molecule has 1 saturated carbocycles. The van der Waals surface area contributed by atoms with Gasteiger partial charge in [0.1, 0.15) is 5.82 Å². The van der Waals surface area contributed by atoms with Crippen LogP contribution in [-0.4, -0.2) is 22.1 Å². The molecule has 0 amide bonds. The first kappa shape index (κ1) is 12.6. The molecule has 1 unspecified atom stereocenters. The van der Waals surface area contributed by atoms with Crippen LogP contribution in [0.25, 0.3) is 0 Å². The van der Waals surface area contributed by atoms with Crippen molar-refractivity contribution in [1.29, 1.82) is 0 Å². The van der Waals surface area contributed by atoms with Crippen LogP contribution in [-0.2, 0) is 6.54 Å². The molecule has 17 heavy (non-hydrogen) atoms. The van der Waals surface area contributed by atoms with E-state index in [9.17, 15) is 0 Å². The summed E-state index contributed by atoms with van der Waals surface area (Å²) in [6.45, 7) is 8.87. The number of hydrogen-bond donors (Lipinski definition) is 1. The SMILES string of the molecule is CCCNC(Cn1ccnc1C(C)C)C1CC1. The second kappa shape index (κ2) is 5.67. The molecule has 0 saturated heterocycles. The smallest absolute Gasteiger partial charge is 0.111 e. The van der Waals surface area contributed by atoms with Crippen molar-refractivity contribution < 1.29 is 0 Å². The van der Waals surface area contributed by atoms with Crippen LogP contribution in [0, 0.1) is 5.92 Å². The van der Waals surface area contributed by atoms with Crippen LogP contribution in [0.5, 0.6) is 0 Å². The molecule has 1 N–H and O–H groups in total. The fourth-order valence-electron chi connectivity index (χ4n) is 2.40. The van der Waals surface area contributed by atoms with E-state index in [1.807, 2.05) is 6.20 Å². The second-order valence-electron chi connectivity index (χ2n) is 5.49. The maximum atomic E-state index is 4.46. The van der Waals surface area contributed by atoms with Gasteiger partial charge in [-0.2, -0.15) is 0 Å². The molecule has 2 rings (SSSR count). The van der Waals surface area contributed by atoms with Crippen molar-refractivity contribution in [2.45, 2.75) is 58.5 Å². The van der Waals surface area contributed by atoms with Crippen molar-refractivity contribution in [2.75, 3.05) is 6.54 Å². The number of nitrogens with one attached hydrogen (secondary N) is 1. The van der Waals surface area contributed by atoms with Gasteiger partial charge in [-0.15, -0.1) is 0 Å². The second-order valence-corrected chi connectivity index (χ2v) is 5.49. The lowest BCUT2D eigenvalue weighted by atomic mass is 10.1. The summed E-state index contributed by atoms with van der Waals surface area (Å²) in [7, 11) is 0. The standard InChI is InChI=1S/C14H25N3/c1-4-7-15-13(12-5-6-12)10-17-9-8-16-14(17)11(2)3/h8-9,11-13,15H,4-7,10H2,1-3H3. The lowest BCUT2D eigenvalue weighted by Crippen LogP contribution is -2.36. The van der Waals surface area contributed by atoms with Crippen LogP contribution in [0.3, 0.4) is 0 Å². The Morgan fingerprint density at radius 2 is 2.24 bits per heavy atom. The van der Waals surface area contributed by atoms with Crippen LogP contribution < -0.4 is 5.32 Å². The van der Waals surface area contributed by atoms with Crippen molar-refractivity contribution >= 4 is 0 Å². The molecule has 1 aliphatic carbocycles. The molecule has 0 aromatic carbocycles. The zero-order valence-electron chi connectivity index (χ0n) is 11.3. The third-order valence-electron chi connectivity index (χ3n) is 3.51. The average molecular weight is 235 g/mol. The van der Waals surface area contributed by atoms with Gasteiger partial charge in [0.05, 0.1) is 0 Å². The minimum Gasteiger partial charge on any atom is -0.333 e. The maximum absolute atomic E-state index is 4.46. The normalized spacial score (nSPS) is 17.6. The van der Waals surface area contributed by atoms with Gasteiger partial charge < -0.3 is 9.88 Å². The topological polar surface area (TPSA) is 29.9 Å². The molecule has 1 aromatic rings. The highest BCUT2D eigenvalue weighted by Gasteiger charge is 2.31. The number of imidazole rings is 1. The third kappa shape index (κ3) is 3.32. The Labute approximate surface area is 105 Å². The van der Waals surface area contributed by atoms with E-state index in [4.69, 9.17) is 0 Å². The van der Waals surface area contributed by atoms with Gasteiger partial charge in [-0.25, -0.2) is 4.98 Å². The zero-order chi connectivity index (χ0) is 12.3. The Hall–Kier alpha value is -0.830. The van der Waals surface area contributed by atoms with Gasteiger partial charge in [0.25, 0.3) is 0 Å². The van der Waals surface area contributed by atoms with E-state index in [0.717, 1.165) is 19.0 Å². The molecule has 0 aliphatic heterocycles. The van der Waals surface area contributed by atoms with Crippen LogP contribution >= 0.6 is 0 Å². The molecule has 3 heteroatoms. The van der Waals surface area contributed by atoms with E-state index < -0.39 is 0 Å². The molecule has 1 atom stereocenters. The van der Waals surface area contributed by atoms with Gasteiger partial charge in [-0.3, -0.25) is 0 Å². The van der Waals surface area contributed by atoms with Crippen molar-refractivity contribution in [3.8, 4) is 0 Å². The highest BCUT2D eigenvalue weighted by Crippen LogP contribution is 2.33. The van der Waals surface area contributed by atoms with Crippen molar-refractivity contribution in [3.05, 3.63) is 18.2 Å². The van der Waals surface area contributed by atoms with Crippen LogP contribution in [0.4, 0.5) is 0 Å². The van der Waals surface area contributed by atoms with Gasteiger partial charge in [0.15, 0.2) is 0 Å². The Balaban J connectivity index is 1.98. The average Bonchev–Trinajstić information content (AvgIpc) is 3.03. The molecule has 3 nitrogen and oxygen atoms in total. The highest BCUT2D eigenvalue weighted by atomic mass is 15.1. The summed E-state index contributed by atoms with van der Waals surface area (Å²) >= 11 is 0. The Kier molecular flexibility index (Phi) is 4.21. The summed E-state index contributed by atoms with van der Waals surface area (Å²) < 4.78 is 2.33. The van der Waals surface area contributed by atoms with E-state index in [1.165, 1.54) is 25.1 Å². The molecule has 1 aromatic heterocycles. The molecule has 0 spiro atoms. The number of hydrogen-bond acceptors (Lipinski definition) is 2. The maximum Gasteiger partial charge on any atom is 0.111 e. The van der Waals surface area contributed by atoms with Gasteiger partial charge in [0.2, 0.25) is 0 Å². The Bertz CT molecular complexity index is 339. The van der Waals surface area contributed by atoms with Crippen molar-refractivity contribution in [3.63, 3.8) is 0 Å². The quantitative estimate of drug-likeness (QED) is 0.787. The largest absolute Gasteiger partial charge is 0.333 e. The van der Waals surface area contributed by atoms with Gasteiger partial charge in [-0.05, 0) is 31.7 Å². The van der Waals surface area contributed by atoms with E-state index in [1.54, 1.807) is 0 Å².